The quantitative estimate of drug-likeness (QED) is 0.915. The molecule has 24 heavy (non-hydrogen) atoms. The monoisotopic (exact) mass is 338 g/mol. The molecule has 2 heterocycles. The van der Waals surface area contributed by atoms with E-state index in [0.717, 1.165) is 6.07 Å². The van der Waals surface area contributed by atoms with E-state index in [1.54, 1.807) is 29.9 Å². The average Bonchev–Trinajstić information content (AvgIpc) is 3.11. The maximum absolute atomic E-state index is 13.3. The molecule has 0 radical (unpaired) electrons. The molecule has 3 rings (SSSR count). The lowest BCUT2D eigenvalue weighted by atomic mass is 9.97. The number of aliphatic hydroxyl groups excluding tert-OH is 1. The summed E-state index contributed by atoms with van der Waals surface area (Å²) in [6, 6.07) is 7.71. The summed E-state index contributed by atoms with van der Waals surface area (Å²) >= 11 is 0. The van der Waals surface area contributed by atoms with Gasteiger partial charge in [0, 0.05) is 19.8 Å². The second-order valence-electron chi connectivity index (χ2n) is 5.95. The number of nitrogens with zero attached hydrogens (tertiary/aromatic N) is 2. The van der Waals surface area contributed by atoms with Crippen molar-refractivity contribution in [3.05, 3.63) is 59.4 Å². The van der Waals surface area contributed by atoms with E-state index in [9.17, 15) is 23.1 Å². The molecule has 4 nitrogen and oxygen atoms in total. The number of β-amino-alcohol motifs (C(OH)–C–C–N with tert-alkyl or cyclic N) is 1. The predicted molar refractivity (Wildman–Crippen MR) is 81.3 cm³/mol. The molecule has 0 bridgehead atoms. The molecule has 1 amide bonds. The summed E-state index contributed by atoms with van der Waals surface area (Å²) in [5.74, 6) is -0.388. The molecule has 1 saturated heterocycles. The van der Waals surface area contributed by atoms with Crippen LogP contribution in [0.2, 0.25) is 0 Å². The third-order valence-corrected chi connectivity index (χ3v) is 4.33. The summed E-state index contributed by atoms with van der Waals surface area (Å²) in [7, 11) is 1.69. The van der Waals surface area contributed by atoms with Crippen LogP contribution in [-0.2, 0) is 13.2 Å². The highest BCUT2D eigenvalue weighted by molar-refractivity contribution is 5.93. The Morgan fingerprint density at radius 1 is 1.21 bits per heavy atom. The third kappa shape index (κ3) is 2.91. The largest absolute Gasteiger partial charge is 0.416 e. The van der Waals surface area contributed by atoms with Crippen molar-refractivity contribution in [2.45, 2.75) is 24.7 Å². The Balaban J connectivity index is 2.01. The van der Waals surface area contributed by atoms with Gasteiger partial charge in [-0.25, -0.2) is 0 Å². The maximum atomic E-state index is 13.3. The number of alkyl halides is 3. The van der Waals surface area contributed by atoms with Crippen LogP contribution in [-0.4, -0.2) is 33.1 Å². The molecule has 1 fully saturated rings. The second-order valence-corrected chi connectivity index (χ2v) is 5.95. The van der Waals surface area contributed by atoms with Gasteiger partial charge >= 0.3 is 6.18 Å². The minimum absolute atomic E-state index is 0.0148. The van der Waals surface area contributed by atoms with E-state index < -0.39 is 23.9 Å². The first kappa shape index (κ1) is 16.6. The van der Waals surface area contributed by atoms with Crippen LogP contribution in [0.4, 0.5) is 13.2 Å². The number of aliphatic hydroxyl groups is 1. The molecule has 1 aliphatic heterocycles. The first-order valence-electron chi connectivity index (χ1n) is 7.55. The summed E-state index contributed by atoms with van der Waals surface area (Å²) in [5, 5.41) is 9.96. The summed E-state index contributed by atoms with van der Waals surface area (Å²) in [5.41, 5.74) is -0.378. The van der Waals surface area contributed by atoms with Gasteiger partial charge in [-0.05, 0) is 30.2 Å². The van der Waals surface area contributed by atoms with Gasteiger partial charge in [-0.1, -0.05) is 18.2 Å². The topological polar surface area (TPSA) is 45.5 Å². The lowest BCUT2D eigenvalue weighted by molar-refractivity contribution is -0.138. The van der Waals surface area contributed by atoms with Crippen LogP contribution in [0.3, 0.4) is 0 Å². The Kier molecular flexibility index (Phi) is 4.13. The molecule has 7 heteroatoms. The highest BCUT2D eigenvalue weighted by Gasteiger charge is 2.41. The van der Waals surface area contributed by atoms with Crippen molar-refractivity contribution in [2.24, 2.45) is 7.05 Å². The Morgan fingerprint density at radius 2 is 1.92 bits per heavy atom. The zero-order valence-corrected chi connectivity index (χ0v) is 13.0. The minimum Gasteiger partial charge on any atom is -0.391 e. The highest BCUT2D eigenvalue weighted by Crippen LogP contribution is 2.40. The van der Waals surface area contributed by atoms with Gasteiger partial charge < -0.3 is 14.6 Å². The number of amides is 1. The molecule has 1 aliphatic rings. The molecule has 1 N–H and O–H groups in total. The normalized spacial score (nSPS) is 21.3. The second kappa shape index (κ2) is 5.98. The molecule has 2 aromatic rings. The summed E-state index contributed by atoms with van der Waals surface area (Å²) in [6.45, 7) is 0.0148. The number of aryl methyl sites for hydroxylation is 1. The van der Waals surface area contributed by atoms with Crippen LogP contribution in [0.25, 0.3) is 0 Å². The predicted octanol–water partition coefficient (Wildman–Crippen LogP) is 2.99. The van der Waals surface area contributed by atoms with Crippen molar-refractivity contribution < 1.29 is 23.1 Å². The number of likely N-dealkylation sites (tertiary alicyclic amines) is 1. The standard InChI is InChI=1S/C17H17F3N2O2/c1-21-8-4-7-14(21)16(24)22-10-11(23)9-15(22)12-5-2-3-6-13(12)17(18,19)20/h2-8,11,15,23H,9-10H2,1H3. The van der Waals surface area contributed by atoms with Gasteiger partial charge in [-0.3, -0.25) is 4.79 Å². The van der Waals surface area contributed by atoms with Crippen molar-refractivity contribution in [3.8, 4) is 0 Å². The number of hydrogen-bond donors (Lipinski definition) is 1. The first-order chi connectivity index (χ1) is 11.3. The van der Waals surface area contributed by atoms with Crippen molar-refractivity contribution in [2.75, 3.05) is 6.54 Å². The smallest absolute Gasteiger partial charge is 0.391 e. The van der Waals surface area contributed by atoms with E-state index in [2.05, 4.69) is 0 Å². The number of carbonyl (C=O) groups is 1. The number of rotatable bonds is 2. The third-order valence-electron chi connectivity index (χ3n) is 4.33. The summed E-state index contributed by atoms with van der Waals surface area (Å²) in [4.78, 5) is 14.1. The molecular weight excluding hydrogens is 321 g/mol. The molecule has 2 unspecified atom stereocenters. The van der Waals surface area contributed by atoms with E-state index in [-0.39, 0.29) is 24.4 Å². The number of carbonyl (C=O) groups excluding carboxylic acids is 1. The molecular formula is C17H17F3N2O2. The van der Waals surface area contributed by atoms with Gasteiger partial charge in [0.15, 0.2) is 0 Å². The number of hydrogen-bond acceptors (Lipinski definition) is 2. The average molecular weight is 338 g/mol. The SMILES string of the molecule is Cn1cccc1C(=O)N1CC(O)CC1c1ccccc1C(F)(F)F. The number of benzene rings is 1. The summed E-state index contributed by atoms with van der Waals surface area (Å²) < 4.78 is 41.5. The number of aromatic nitrogens is 1. The molecule has 0 spiro atoms. The Morgan fingerprint density at radius 3 is 2.54 bits per heavy atom. The summed E-state index contributed by atoms with van der Waals surface area (Å²) in [6.07, 6.45) is -3.58. The van der Waals surface area contributed by atoms with Crippen LogP contribution >= 0.6 is 0 Å². The van der Waals surface area contributed by atoms with Gasteiger partial charge in [0.05, 0.1) is 17.7 Å². The van der Waals surface area contributed by atoms with E-state index >= 15 is 0 Å². The van der Waals surface area contributed by atoms with Crippen LogP contribution in [0.1, 0.15) is 34.1 Å². The van der Waals surface area contributed by atoms with Crippen LogP contribution < -0.4 is 0 Å². The molecule has 128 valence electrons. The fourth-order valence-electron chi connectivity index (χ4n) is 3.21. The van der Waals surface area contributed by atoms with Gasteiger partial charge in [0.25, 0.3) is 5.91 Å². The first-order valence-corrected chi connectivity index (χ1v) is 7.55. The highest BCUT2D eigenvalue weighted by atomic mass is 19.4. The van der Waals surface area contributed by atoms with Crippen LogP contribution in [0.5, 0.6) is 0 Å². The van der Waals surface area contributed by atoms with Crippen molar-refractivity contribution in [3.63, 3.8) is 0 Å². The Hall–Kier alpha value is -2.28. The maximum Gasteiger partial charge on any atom is 0.416 e. The van der Waals surface area contributed by atoms with Gasteiger partial charge in [0.2, 0.25) is 0 Å². The van der Waals surface area contributed by atoms with Gasteiger partial charge in [0.1, 0.15) is 5.69 Å². The minimum atomic E-state index is -4.51. The number of halogens is 3. The molecule has 1 aromatic carbocycles. The fourth-order valence-corrected chi connectivity index (χ4v) is 3.21. The van der Waals surface area contributed by atoms with E-state index in [1.807, 2.05) is 0 Å². The molecule has 1 aromatic heterocycles. The molecule has 0 aliphatic carbocycles. The van der Waals surface area contributed by atoms with Crippen LogP contribution in [0, 0.1) is 0 Å². The van der Waals surface area contributed by atoms with Crippen LogP contribution in [0.15, 0.2) is 42.6 Å². The zero-order chi connectivity index (χ0) is 17.5. The zero-order valence-electron chi connectivity index (χ0n) is 13.0. The van der Waals surface area contributed by atoms with Crippen molar-refractivity contribution in [1.29, 1.82) is 0 Å². The molecule has 2 atom stereocenters. The van der Waals surface area contributed by atoms with Crippen molar-refractivity contribution in [1.82, 2.24) is 9.47 Å². The van der Waals surface area contributed by atoms with E-state index in [4.69, 9.17) is 0 Å². The lowest BCUT2D eigenvalue weighted by Gasteiger charge is -2.27. The van der Waals surface area contributed by atoms with E-state index in [0.29, 0.717) is 5.69 Å². The Bertz CT molecular complexity index is 754. The van der Waals surface area contributed by atoms with Crippen molar-refractivity contribution >= 4 is 5.91 Å². The van der Waals surface area contributed by atoms with Gasteiger partial charge in [-0.2, -0.15) is 13.2 Å². The fraction of sp³-hybridized carbons (Fsp3) is 0.353. The molecule has 0 saturated carbocycles. The van der Waals surface area contributed by atoms with Gasteiger partial charge in [-0.15, -0.1) is 0 Å². The lowest BCUT2D eigenvalue weighted by Crippen LogP contribution is -2.33. The Labute approximate surface area is 137 Å². The van der Waals surface area contributed by atoms with E-state index in [1.165, 1.54) is 23.1 Å².